The van der Waals surface area contributed by atoms with Crippen LogP contribution < -0.4 is 0 Å². The molecule has 1 saturated heterocycles. The van der Waals surface area contributed by atoms with Gasteiger partial charge in [-0.2, -0.15) is 0 Å². The number of hydrogen-bond donors (Lipinski definition) is 1. The number of carbonyl (C=O) groups excluding carboxylic acids is 2. The lowest BCUT2D eigenvalue weighted by Gasteiger charge is -2.47. The summed E-state index contributed by atoms with van der Waals surface area (Å²) in [5.41, 5.74) is -0.436. The molecule has 1 aromatic heterocycles. The summed E-state index contributed by atoms with van der Waals surface area (Å²) in [5, 5.41) is 9.89. The average molecular weight is 434 g/mol. The molecule has 0 spiro atoms. The number of rotatable bonds is 3. The van der Waals surface area contributed by atoms with Gasteiger partial charge in [-0.15, -0.1) is 0 Å². The van der Waals surface area contributed by atoms with Gasteiger partial charge in [-0.1, -0.05) is 20.8 Å². The molecular formula is C22H35N5O4. The van der Waals surface area contributed by atoms with E-state index in [0.29, 0.717) is 32.5 Å². The summed E-state index contributed by atoms with van der Waals surface area (Å²) in [6.45, 7) is 14.5. The summed E-state index contributed by atoms with van der Waals surface area (Å²) in [5.74, 6) is 0.593. The van der Waals surface area contributed by atoms with Crippen molar-refractivity contribution in [3.8, 4) is 0 Å². The van der Waals surface area contributed by atoms with E-state index in [9.17, 15) is 19.5 Å². The van der Waals surface area contributed by atoms with Crippen molar-refractivity contribution in [1.29, 1.82) is 0 Å². The largest absolute Gasteiger partial charge is 0.465 e. The van der Waals surface area contributed by atoms with Crippen molar-refractivity contribution >= 4 is 18.0 Å². The smallest absolute Gasteiger partial charge is 0.408 e. The fraction of sp³-hybridized carbons (Fsp3) is 0.727. The van der Waals surface area contributed by atoms with Crippen molar-refractivity contribution in [3.05, 3.63) is 17.7 Å². The van der Waals surface area contributed by atoms with Crippen LogP contribution in [0.15, 0.2) is 6.20 Å². The van der Waals surface area contributed by atoms with Gasteiger partial charge in [0, 0.05) is 30.9 Å². The first-order chi connectivity index (χ1) is 14.2. The molecule has 3 heterocycles. The second kappa shape index (κ2) is 7.84. The van der Waals surface area contributed by atoms with Crippen LogP contribution in [0, 0.1) is 12.3 Å². The van der Waals surface area contributed by atoms with Crippen LogP contribution in [0.5, 0.6) is 0 Å². The van der Waals surface area contributed by atoms with Gasteiger partial charge < -0.3 is 14.9 Å². The topological polar surface area (TPSA) is 99.0 Å². The first-order valence-corrected chi connectivity index (χ1v) is 10.9. The van der Waals surface area contributed by atoms with E-state index in [4.69, 9.17) is 0 Å². The Morgan fingerprint density at radius 3 is 2.19 bits per heavy atom. The summed E-state index contributed by atoms with van der Waals surface area (Å²) in [6, 6.07) is -0.800. The highest BCUT2D eigenvalue weighted by Crippen LogP contribution is 2.33. The van der Waals surface area contributed by atoms with E-state index in [1.54, 1.807) is 15.7 Å². The summed E-state index contributed by atoms with van der Waals surface area (Å²) in [4.78, 5) is 47.7. The highest BCUT2D eigenvalue weighted by Gasteiger charge is 2.46. The highest BCUT2D eigenvalue weighted by molar-refractivity contribution is 5.86. The zero-order valence-electron chi connectivity index (χ0n) is 19.7. The van der Waals surface area contributed by atoms with Crippen molar-refractivity contribution < 1.29 is 19.5 Å². The fourth-order valence-corrected chi connectivity index (χ4v) is 4.69. The summed E-state index contributed by atoms with van der Waals surface area (Å²) in [7, 11) is 0. The third kappa shape index (κ3) is 4.41. The van der Waals surface area contributed by atoms with Crippen LogP contribution in [0.2, 0.25) is 0 Å². The molecule has 0 unspecified atom stereocenters. The van der Waals surface area contributed by atoms with Crippen molar-refractivity contribution in [2.45, 2.75) is 85.5 Å². The lowest BCUT2D eigenvalue weighted by molar-refractivity contribution is -0.144. The number of amides is 3. The lowest BCUT2D eigenvalue weighted by atomic mass is 9.82. The summed E-state index contributed by atoms with van der Waals surface area (Å²) < 4.78 is 1.61. The van der Waals surface area contributed by atoms with Gasteiger partial charge in [-0.3, -0.25) is 14.3 Å². The van der Waals surface area contributed by atoms with Gasteiger partial charge in [0.05, 0.1) is 12.2 Å². The molecule has 1 fully saturated rings. The van der Waals surface area contributed by atoms with Crippen LogP contribution >= 0.6 is 0 Å². The predicted molar refractivity (Wildman–Crippen MR) is 116 cm³/mol. The molecule has 1 N–H and O–H groups in total. The molecule has 3 amide bonds. The number of aryl methyl sites for hydroxylation is 1. The molecule has 2 aliphatic heterocycles. The van der Waals surface area contributed by atoms with Crippen LogP contribution in [-0.2, 0) is 11.3 Å². The molecule has 2 aliphatic rings. The summed E-state index contributed by atoms with van der Waals surface area (Å²) >= 11 is 0. The molecule has 0 aliphatic carbocycles. The quantitative estimate of drug-likeness (QED) is 0.789. The van der Waals surface area contributed by atoms with Crippen molar-refractivity contribution in [3.63, 3.8) is 0 Å². The molecule has 0 bridgehead atoms. The van der Waals surface area contributed by atoms with Gasteiger partial charge in [0.25, 0.3) is 0 Å². The monoisotopic (exact) mass is 433 g/mol. The summed E-state index contributed by atoms with van der Waals surface area (Å²) in [6.07, 6.45) is 2.00. The van der Waals surface area contributed by atoms with E-state index in [2.05, 4.69) is 4.98 Å². The maximum Gasteiger partial charge on any atom is 0.408 e. The lowest BCUT2D eigenvalue weighted by Crippen LogP contribution is -2.63. The first-order valence-electron chi connectivity index (χ1n) is 10.9. The number of nitrogens with zero attached hydrogens (tertiary/aromatic N) is 5. The normalized spacial score (nSPS) is 18.9. The van der Waals surface area contributed by atoms with Gasteiger partial charge in [-0.05, 0) is 46.0 Å². The molecule has 9 heteroatoms. The number of carboxylic acid groups (broad SMARTS) is 1. The molecule has 9 nitrogen and oxygen atoms in total. The Hall–Kier alpha value is -2.58. The standard InChI is InChI=1S/C22H35N5O4/c1-14-12-26-16(23-14)13-25(19(26)29)15-8-10-24(11-9-15)18(28)17(21(2,3)4)27(20(30)31)22(5,6)7/h12,15,17H,8-11,13H2,1-7H3,(H,30,31)/t17-/m0/s1. The third-order valence-corrected chi connectivity index (χ3v) is 6.12. The molecule has 31 heavy (non-hydrogen) atoms. The van der Waals surface area contributed by atoms with Gasteiger partial charge in [-0.25, -0.2) is 14.6 Å². The zero-order chi connectivity index (χ0) is 23.3. The van der Waals surface area contributed by atoms with Crippen LogP contribution in [-0.4, -0.2) is 78.1 Å². The number of hydrogen-bond acceptors (Lipinski definition) is 4. The first kappa shape index (κ1) is 23.1. The zero-order valence-corrected chi connectivity index (χ0v) is 19.7. The Bertz CT molecular complexity index is 871. The molecule has 0 saturated carbocycles. The molecule has 1 atom stereocenters. The van der Waals surface area contributed by atoms with E-state index in [1.165, 1.54) is 4.90 Å². The van der Waals surface area contributed by atoms with E-state index in [-0.39, 0.29) is 18.0 Å². The Labute approximate surface area is 184 Å². The second-order valence-corrected chi connectivity index (χ2v) is 10.7. The average Bonchev–Trinajstić information content (AvgIpc) is 3.14. The Morgan fingerprint density at radius 1 is 1.16 bits per heavy atom. The molecular weight excluding hydrogens is 398 g/mol. The number of carbonyl (C=O) groups is 3. The van der Waals surface area contributed by atoms with Crippen LogP contribution in [0.3, 0.4) is 0 Å². The SMILES string of the molecule is Cc1cn2c(n1)CN(C1CCN(C(=O)[C@H](N(C(=O)O)C(C)(C)C)C(C)(C)C)CC1)C2=O. The molecule has 172 valence electrons. The van der Waals surface area contributed by atoms with Gasteiger partial charge in [0.2, 0.25) is 5.91 Å². The van der Waals surface area contributed by atoms with Crippen LogP contribution in [0.4, 0.5) is 9.59 Å². The maximum atomic E-state index is 13.5. The minimum Gasteiger partial charge on any atom is -0.465 e. The van der Waals surface area contributed by atoms with Crippen molar-refractivity contribution in [2.24, 2.45) is 5.41 Å². The molecule has 3 rings (SSSR count). The van der Waals surface area contributed by atoms with E-state index < -0.39 is 23.1 Å². The molecule has 1 aromatic rings. The van der Waals surface area contributed by atoms with E-state index in [1.807, 2.05) is 53.4 Å². The second-order valence-electron chi connectivity index (χ2n) is 10.7. The number of fused-ring (bicyclic) bond motifs is 1. The Morgan fingerprint density at radius 2 is 1.74 bits per heavy atom. The highest BCUT2D eigenvalue weighted by atomic mass is 16.4. The van der Waals surface area contributed by atoms with Crippen molar-refractivity contribution in [1.82, 2.24) is 24.3 Å². The maximum absolute atomic E-state index is 13.5. The molecule has 0 radical (unpaired) electrons. The van der Waals surface area contributed by atoms with Gasteiger partial charge in [0.15, 0.2) is 0 Å². The minimum atomic E-state index is -1.09. The van der Waals surface area contributed by atoms with Crippen LogP contribution in [0.25, 0.3) is 0 Å². The molecule has 0 aromatic carbocycles. The minimum absolute atomic E-state index is 0.0461. The van der Waals surface area contributed by atoms with Gasteiger partial charge >= 0.3 is 12.1 Å². The van der Waals surface area contributed by atoms with E-state index in [0.717, 1.165) is 11.5 Å². The predicted octanol–water partition coefficient (Wildman–Crippen LogP) is 3.16. The van der Waals surface area contributed by atoms with Gasteiger partial charge in [0.1, 0.15) is 11.9 Å². The third-order valence-electron chi connectivity index (χ3n) is 6.12. The van der Waals surface area contributed by atoms with Crippen molar-refractivity contribution in [2.75, 3.05) is 13.1 Å². The van der Waals surface area contributed by atoms with E-state index >= 15 is 0 Å². The fourth-order valence-electron chi connectivity index (χ4n) is 4.69. The van der Waals surface area contributed by atoms with Crippen LogP contribution in [0.1, 0.15) is 65.9 Å². The number of imidazole rings is 1. The number of piperidine rings is 1. The number of aromatic nitrogens is 2. The number of likely N-dealkylation sites (tertiary alicyclic amines) is 1. The Kier molecular flexibility index (Phi) is 5.84. The Balaban J connectivity index is 1.71.